The van der Waals surface area contributed by atoms with E-state index in [2.05, 4.69) is 4.98 Å². The Labute approximate surface area is 96.3 Å². The number of benzene rings is 1. The van der Waals surface area contributed by atoms with Gasteiger partial charge in [0.15, 0.2) is 11.6 Å². The van der Waals surface area contributed by atoms with Crippen molar-refractivity contribution in [1.29, 1.82) is 0 Å². The van der Waals surface area contributed by atoms with Gasteiger partial charge in [-0.1, -0.05) is 0 Å². The van der Waals surface area contributed by atoms with Crippen LogP contribution in [0.15, 0.2) is 36.7 Å². The molecule has 1 aromatic heterocycles. The summed E-state index contributed by atoms with van der Waals surface area (Å²) < 4.78 is 31.0. The van der Waals surface area contributed by atoms with Gasteiger partial charge in [-0.15, -0.1) is 0 Å². The number of rotatable bonds is 3. The van der Waals surface area contributed by atoms with Gasteiger partial charge in [-0.3, -0.25) is 4.98 Å². The van der Waals surface area contributed by atoms with Crippen molar-refractivity contribution in [2.75, 3.05) is 0 Å². The summed E-state index contributed by atoms with van der Waals surface area (Å²) in [5.41, 5.74) is 0.470. The molecule has 0 fully saturated rings. The molecule has 0 bridgehead atoms. The first-order chi connectivity index (χ1) is 8.20. The summed E-state index contributed by atoms with van der Waals surface area (Å²) in [5.74, 6) is -1.41. The highest BCUT2D eigenvalue weighted by molar-refractivity contribution is 5.35. The lowest BCUT2D eigenvalue weighted by Crippen LogP contribution is -1.93. The smallest absolute Gasteiger partial charge is 0.162 e. The number of aromatic nitrogens is 1. The predicted octanol–water partition coefficient (Wildman–Crippen LogP) is 2.64. The Bertz CT molecular complexity index is 532. The molecule has 3 nitrogen and oxygen atoms in total. The van der Waals surface area contributed by atoms with Crippen LogP contribution in [0, 0.1) is 11.6 Å². The van der Waals surface area contributed by atoms with E-state index in [1.807, 2.05) is 0 Å². The van der Waals surface area contributed by atoms with Gasteiger partial charge in [-0.2, -0.15) is 0 Å². The van der Waals surface area contributed by atoms with E-state index in [-0.39, 0.29) is 12.4 Å². The lowest BCUT2D eigenvalue weighted by molar-refractivity contribution is 0.276. The van der Waals surface area contributed by atoms with Gasteiger partial charge in [0.1, 0.15) is 11.5 Å². The third-order valence-electron chi connectivity index (χ3n) is 2.15. The van der Waals surface area contributed by atoms with Crippen molar-refractivity contribution < 1.29 is 18.6 Å². The largest absolute Gasteiger partial charge is 0.457 e. The van der Waals surface area contributed by atoms with Gasteiger partial charge in [-0.25, -0.2) is 8.78 Å². The third kappa shape index (κ3) is 2.57. The van der Waals surface area contributed by atoms with Gasteiger partial charge >= 0.3 is 0 Å². The lowest BCUT2D eigenvalue weighted by Gasteiger charge is -2.08. The van der Waals surface area contributed by atoms with Crippen molar-refractivity contribution in [3.05, 3.63) is 53.9 Å². The molecule has 1 aromatic carbocycles. The van der Waals surface area contributed by atoms with E-state index in [9.17, 15) is 8.78 Å². The number of hydrogen-bond acceptors (Lipinski definition) is 3. The summed E-state index contributed by atoms with van der Waals surface area (Å²) in [6.45, 7) is -0.243. The van der Waals surface area contributed by atoms with Crippen molar-refractivity contribution >= 4 is 0 Å². The van der Waals surface area contributed by atoms with Crippen molar-refractivity contribution in [3.63, 3.8) is 0 Å². The van der Waals surface area contributed by atoms with Crippen LogP contribution in [0.3, 0.4) is 0 Å². The van der Waals surface area contributed by atoms with Gasteiger partial charge < -0.3 is 9.84 Å². The van der Waals surface area contributed by atoms with E-state index in [1.165, 1.54) is 24.5 Å². The number of aliphatic hydroxyl groups excluding tert-OH is 1. The molecule has 1 N–H and O–H groups in total. The maximum Gasteiger partial charge on any atom is 0.162 e. The number of aliphatic hydroxyl groups is 1. The molecule has 0 unspecified atom stereocenters. The summed E-state index contributed by atoms with van der Waals surface area (Å²) in [5, 5.41) is 9.04. The van der Waals surface area contributed by atoms with E-state index in [4.69, 9.17) is 9.84 Å². The summed E-state index contributed by atoms with van der Waals surface area (Å²) in [7, 11) is 0. The topological polar surface area (TPSA) is 42.4 Å². The van der Waals surface area contributed by atoms with Crippen LogP contribution in [0.25, 0.3) is 0 Å². The average Bonchev–Trinajstić information content (AvgIpc) is 2.34. The number of pyridine rings is 1. The maximum absolute atomic E-state index is 12.9. The molecule has 0 saturated carbocycles. The zero-order valence-electron chi connectivity index (χ0n) is 8.73. The van der Waals surface area contributed by atoms with Gasteiger partial charge in [0.05, 0.1) is 6.61 Å². The Morgan fingerprint density at radius 3 is 2.71 bits per heavy atom. The molecule has 1 heterocycles. The van der Waals surface area contributed by atoms with E-state index in [0.29, 0.717) is 11.3 Å². The molecular weight excluding hydrogens is 228 g/mol. The quantitative estimate of drug-likeness (QED) is 0.892. The minimum atomic E-state index is -0.984. The Morgan fingerprint density at radius 2 is 2.00 bits per heavy atom. The van der Waals surface area contributed by atoms with Crippen LogP contribution in [-0.4, -0.2) is 10.1 Å². The molecule has 2 rings (SSSR count). The molecule has 2 aromatic rings. The first-order valence-electron chi connectivity index (χ1n) is 4.87. The highest BCUT2D eigenvalue weighted by Crippen LogP contribution is 2.25. The van der Waals surface area contributed by atoms with Crippen molar-refractivity contribution in [2.24, 2.45) is 0 Å². The zero-order chi connectivity index (χ0) is 12.3. The van der Waals surface area contributed by atoms with E-state index in [0.717, 1.165) is 12.1 Å². The third-order valence-corrected chi connectivity index (χ3v) is 2.15. The van der Waals surface area contributed by atoms with Crippen LogP contribution < -0.4 is 4.74 Å². The SMILES string of the molecule is OCc1cnccc1Oc1ccc(F)c(F)c1. The number of ether oxygens (including phenoxy) is 1. The molecule has 0 atom stereocenters. The van der Waals surface area contributed by atoms with Crippen LogP contribution in [0.5, 0.6) is 11.5 Å². The lowest BCUT2D eigenvalue weighted by atomic mass is 10.2. The molecule has 0 saturated heterocycles. The van der Waals surface area contributed by atoms with E-state index in [1.54, 1.807) is 0 Å². The minimum Gasteiger partial charge on any atom is -0.457 e. The molecule has 0 amide bonds. The second-order valence-corrected chi connectivity index (χ2v) is 3.32. The van der Waals surface area contributed by atoms with Crippen molar-refractivity contribution in [1.82, 2.24) is 4.98 Å². The molecular formula is C12H9F2NO2. The standard InChI is InChI=1S/C12H9F2NO2/c13-10-2-1-9(5-11(10)14)17-12-3-4-15-6-8(12)7-16/h1-6,16H,7H2. The summed E-state index contributed by atoms with van der Waals surface area (Å²) in [6.07, 6.45) is 2.92. The predicted molar refractivity (Wildman–Crippen MR) is 56.6 cm³/mol. The second-order valence-electron chi connectivity index (χ2n) is 3.32. The Morgan fingerprint density at radius 1 is 1.18 bits per heavy atom. The maximum atomic E-state index is 12.9. The molecule has 0 aliphatic carbocycles. The number of halogens is 2. The highest BCUT2D eigenvalue weighted by atomic mass is 19.2. The van der Waals surface area contributed by atoms with E-state index < -0.39 is 11.6 Å². The van der Waals surface area contributed by atoms with Crippen molar-refractivity contribution in [3.8, 4) is 11.5 Å². The van der Waals surface area contributed by atoms with Crippen LogP contribution in [0.2, 0.25) is 0 Å². The summed E-state index contributed by atoms with van der Waals surface area (Å²) in [6, 6.07) is 4.76. The molecule has 17 heavy (non-hydrogen) atoms. The molecule has 0 aliphatic rings. The molecule has 88 valence electrons. The first-order valence-corrected chi connectivity index (χ1v) is 4.87. The minimum absolute atomic E-state index is 0.157. The van der Waals surface area contributed by atoms with Crippen LogP contribution in [-0.2, 0) is 6.61 Å². The molecule has 0 aliphatic heterocycles. The van der Waals surface area contributed by atoms with Crippen LogP contribution in [0.4, 0.5) is 8.78 Å². The molecule has 0 spiro atoms. The fourth-order valence-corrected chi connectivity index (χ4v) is 1.30. The number of hydrogen-bond donors (Lipinski definition) is 1. The first kappa shape index (κ1) is 11.5. The molecule has 0 radical (unpaired) electrons. The Hall–Kier alpha value is -2.01. The molecule has 5 heteroatoms. The highest BCUT2D eigenvalue weighted by Gasteiger charge is 2.07. The second kappa shape index (κ2) is 4.88. The normalized spacial score (nSPS) is 10.3. The van der Waals surface area contributed by atoms with Crippen LogP contribution >= 0.6 is 0 Å². The summed E-state index contributed by atoms with van der Waals surface area (Å²) in [4.78, 5) is 3.82. The van der Waals surface area contributed by atoms with Gasteiger partial charge in [0, 0.05) is 24.0 Å². The Balaban J connectivity index is 2.28. The van der Waals surface area contributed by atoms with Crippen molar-refractivity contribution in [2.45, 2.75) is 6.61 Å². The fourth-order valence-electron chi connectivity index (χ4n) is 1.30. The number of nitrogens with zero attached hydrogens (tertiary/aromatic N) is 1. The Kier molecular flexibility index (Phi) is 3.30. The van der Waals surface area contributed by atoms with Gasteiger partial charge in [0.2, 0.25) is 0 Å². The monoisotopic (exact) mass is 237 g/mol. The average molecular weight is 237 g/mol. The van der Waals surface area contributed by atoms with E-state index >= 15 is 0 Å². The summed E-state index contributed by atoms with van der Waals surface area (Å²) >= 11 is 0. The van der Waals surface area contributed by atoms with Gasteiger partial charge in [0.25, 0.3) is 0 Å². The van der Waals surface area contributed by atoms with Gasteiger partial charge in [-0.05, 0) is 18.2 Å². The van der Waals surface area contributed by atoms with Crippen LogP contribution in [0.1, 0.15) is 5.56 Å². The zero-order valence-corrected chi connectivity index (χ0v) is 8.73. The fraction of sp³-hybridized carbons (Fsp3) is 0.0833.